The molecule has 0 bridgehead atoms. The van der Waals surface area contributed by atoms with Crippen molar-refractivity contribution in [3.8, 4) is 0 Å². The van der Waals surface area contributed by atoms with Gasteiger partial charge in [-0.3, -0.25) is 0 Å². The first-order valence-electron chi connectivity index (χ1n) is 6.59. The number of nitrogens with zero attached hydrogens (tertiary/aromatic N) is 1. The summed E-state index contributed by atoms with van der Waals surface area (Å²) in [4.78, 5) is 1.68. The summed E-state index contributed by atoms with van der Waals surface area (Å²) in [6.45, 7) is 0.249. The van der Waals surface area contributed by atoms with Gasteiger partial charge in [0, 0.05) is 18.3 Å². The molecule has 20 heavy (non-hydrogen) atoms. The first-order valence-corrected chi connectivity index (χ1v) is 6.59. The van der Waals surface area contributed by atoms with Gasteiger partial charge in [-0.05, 0) is 11.1 Å². The Hall–Kier alpha value is -2.16. The summed E-state index contributed by atoms with van der Waals surface area (Å²) >= 11 is 0. The lowest BCUT2D eigenvalue weighted by atomic mass is 10.0. The fraction of sp³-hybridized carbons (Fsp3) is 0.176. The van der Waals surface area contributed by atoms with Gasteiger partial charge < -0.3 is 4.90 Å². The Balaban J connectivity index is 1.85. The number of hydrogen-bond acceptors (Lipinski definition) is 1. The van der Waals surface area contributed by atoms with Crippen LogP contribution in [0, 0.1) is 0 Å². The Bertz CT molecular complexity index is 605. The lowest BCUT2D eigenvalue weighted by molar-refractivity contribution is 0.0518. The predicted molar refractivity (Wildman–Crippen MR) is 76.2 cm³/mol. The molecule has 0 radical (unpaired) electrons. The second-order valence-corrected chi connectivity index (χ2v) is 5.00. The first kappa shape index (κ1) is 12.9. The molecule has 0 spiro atoms. The lowest BCUT2D eigenvalue weighted by Gasteiger charge is -2.18. The van der Waals surface area contributed by atoms with Gasteiger partial charge in [0.2, 0.25) is 0 Å². The van der Waals surface area contributed by atoms with Crippen LogP contribution in [-0.4, -0.2) is 17.4 Å². The largest absolute Gasteiger partial charge is 0.366 e. The summed E-state index contributed by atoms with van der Waals surface area (Å²) in [5.41, 5.74) is 1.73. The molecule has 0 unspecified atom stereocenters. The van der Waals surface area contributed by atoms with Crippen LogP contribution < -0.4 is 0 Å². The third kappa shape index (κ3) is 2.57. The van der Waals surface area contributed by atoms with E-state index in [0.29, 0.717) is 12.1 Å². The number of alkyl halides is 2. The van der Waals surface area contributed by atoms with E-state index in [9.17, 15) is 8.78 Å². The van der Waals surface area contributed by atoms with E-state index in [1.165, 1.54) is 0 Å². The van der Waals surface area contributed by atoms with Crippen molar-refractivity contribution in [2.24, 2.45) is 0 Å². The maximum atomic E-state index is 14.1. The molecule has 0 aliphatic carbocycles. The number of benzene rings is 2. The maximum absolute atomic E-state index is 14.1. The molecule has 0 amide bonds. The van der Waals surface area contributed by atoms with E-state index in [1.807, 2.05) is 36.4 Å². The fourth-order valence-electron chi connectivity index (χ4n) is 2.49. The van der Waals surface area contributed by atoms with Crippen molar-refractivity contribution in [2.75, 3.05) is 6.54 Å². The van der Waals surface area contributed by atoms with Gasteiger partial charge in [-0.25, -0.2) is 0 Å². The zero-order valence-electron chi connectivity index (χ0n) is 11.0. The van der Waals surface area contributed by atoms with Crippen LogP contribution in [0.1, 0.15) is 11.1 Å². The molecular formula is C17H15F2N. The van der Waals surface area contributed by atoms with Crippen molar-refractivity contribution in [3.05, 3.63) is 78.0 Å². The molecule has 3 rings (SSSR count). The average Bonchev–Trinajstić information content (AvgIpc) is 2.75. The highest BCUT2D eigenvalue weighted by atomic mass is 19.3. The van der Waals surface area contributed by atoms with Gasteiger partial charge in [-0.15, -0.1) is 0 Å². The molecule has 3 heteroatoms. The molecule has 1 aliphatic heterocycles. The Morgan fingerprint density at radius 3 is 2.15 bits per heavy atom. The van der Waals surface area contributed by atoms with Crippen molar-refractivity contribution in [3.63, 3.8) is 0 Å². The molecule has 2 aromatic carbocycles. The van der Waals surface area contributed by atoms with E-state index < -0.39 is 5.92 Å². The zero-order valence-corrected chi connectivity index (χ0v) is 11.0. The average molecular weight is 271 g/mol. The van der Waals surface area contributed by atoms with Gasteiger partial charge in [0.1, 0.15) is 0 Å². The van der Waals surface area contributed by atoms with E-state index >= 15 is 0 Å². The molecule has 2 aromatic rings. The highest BCUT2D eigenvalue weighted by molar-refractivity contribution is 5.72. The van der Waals surface area contributed by atoms with Gasteiger partial charge in [-0.1, -0.05) is 60.7 Å². The van der Waals surface area contributed by atoms with E-state index in [4.69, 9.17) is 0 Å². The topological polar surface area (TPSA) is 3.24 Å². The number of halogens is 2. The molecule has 0 N–H and O–H groups in total. The molecule has 1 nitrogen and oxygen atoms in total. The molecule has 1 aliphatic rings. The lowest BCUT2D eigenvalue weighted by Crippen LogP contribution is -2.26. The van der Waals surface area contributed by atoms with Gasteiger partial charge in [0.05, 0.1) is 6.54 Å². The van der Waals surface area contributed by atoms with Crippen molar-refractivity contribution in [2.45, 2.75) is 12.5 Å². The van der Waals surface area contributed by atoms with Crippen LogP contribution >= 0.6 is 0 Å². The van der Waals surface area contributed by atoms with Crippen LogP contribution in [0.2, 0.25) is 0 Å². The summed E-state index contributed by atoms with van der Waals surface area (Å²) in [5, 5.41) is 0. The van der Waals surface area contributed by atoms with Crippen LogP contribution in [0.4, 0.5) is 8.78 Å². The van der Waals surface area contributed by atoms with Crippen molar-refractivity contribution in [1.29, 1.82) is 0 Å². The minimum atomic E-state index is -2.80. The minimum Gasteiger partial charge on any atom is -0.366 e. The molecule has 0 fully saturated rings. The van der Waals surface area contributed by atoms with Gasteiger partial charge in [-0.2, -0.15) is 8.78 Å². The monoisotopic (exact) mass is 271 g/mol. The second-order valence-electron chi connectivity index (χ2n) is 5.00. The first-order chi connectivity index (χ1) is 9.65. The Labute approximate surface area is 117 Å². The predicted octanol–water partition coefficient (Wildman–Crippen LogP) is 4.18. The number of rotatable bonds is 3. The molecule has 0 saturated carbocycles. The van der Waals surface area contributed by atoms with Gasteiger partial charge in [0.15, 0.2) is 0 Å². The second kappa shape index (κ2) is 5.08. The summed E-state index contributed by atoms with van der Waals surface area (Å²) in [5.74, 6) is -2.80. The van der Waals surface area contributed by atoms with Crippen molar-refractivity contribution >= 4 is 5.57 Å². The Morgan fingerprint density at radius 1 is 0.900 bits per heavy atom. The highest BCUT2D eigenvalue weighted by Gasteiger charge is 2.41. The zero-order chi connectivity index (χ0) is 14.0. The third-order valence-corrected chi connectivity index (χ3v) is 3.42. The van der Waals surface area contributed by atoms with Crippen LogP contribution in [0.3, 0.4) is 0 Å². The summed E-state index contributed by atoms with van der Waals surface area (Å²) in [6.07, 6.45) is 1.59. The smallest absolute Gasteiger partial charge is 0.292 e. The van der Waals surface area contributed by atoms with Crippen molar-refractivity contribution in [1.82, 2.24) is 4.90 Å². The fourth-order valence-corrected chi connectivity index (χ4v) is 2.49. The normalized spacial score (nSPS) is 17.1. The quantitative estimate of drug-likeness (QED) is 0.809. The van der Waals surface area contributed by atoms with Crippen LogP contribution in [0.25, 0.3) is 5.57 Å². The van der Waals surface area contributed by atoms with E-state index in [-0.39, 0.29) is 12.1 Å². The van der Waals surface area contributed by atoms with Gasteiger partial charge in [0.25, 0.3) is 5.92 Å². The standard InChI is InChI=1S/C17H15F2N/c18-17(19)13-20(11-14-7-3-1-4-8-14)12-16(17)15-9-5-2-6-10-15/h1-10,12H,11,13H2. The third-order valence-electron chi connectivity index (χ3n) is 3.42. The molecule has 102 valence electrons. The Morgan fingerprint density at radius 2 is 1.50 bits per heavy atom. The minimum absolute atomic E-state index is 0.106. The van der Waals surface area contributed by atoms with E-state index in [2.05, 4.69) is 0 Å². The molecule has 0 atom stereocenters. The molecule has 0 saturated heterocycles. The number of hydrogen-bond donors (Lipinski definition) is 0. The Kier molecular flexibility index (Phi) is 3.26. The van der Waals surface area contributed by atoms with E-state index in [1.54, 1.807) is 35.4 Å². The summed E-state index contributed by atoms with van der Waals surface area (Å²) in [7, 11) is 0. The summed E-state index contributed by atoms with van der Waals surface area (Å²) in [6, 6.07) is 18.5. The van der Waals surface area contributed by atoms with Crippen LogP contribution in [0.15, 0.2) is 66.9 Å². The molecular weight excluding hydrogens is 256 g/mol. The van der Waals surface area contributed by atoms with Crippen molar-refractivity contribution < 1.29 is 8.78 Å². The van der Waals surface area contributed by atoms with Crippen LogP contribution in [0.5, 0.6) is 0 Å². The highest BCUT2D eigenvalue weighted by Crippen LogP contribution is 2.38. The summed E-state index contributed by atoms with van der Waals surface area (Å²) < 4.78 is 28.3. The molecule has 0 aromatic heterocycles. The molecule has 1 heterocycles. The maximum Gasteiger partial charge on any atom is 0.292 e. The van der Waals surface area contributed by atoms with Gasteiger partial charge >= 0.3 is 0 Å². The SMILES string of the molecule is FC1(F)CN(Cc2ccccc2)C=C1c1ccccc1. The van der Waals surface area contributed by atoms with Crippen LogP contribution in [-0.2, 0) is 6.54 Å². The van der Waals surface area contributed by atoms with E-state index in [0.717, 1.165) is 5.56 Å².